The Morgan fingerprint density at radius 2 is 2.06 bits per heavy atom. The lowest BCUT2D eigenvalue weighted by Gasteiger charge is -2.21. The second-order valence-electron chi connectivity index (χ2n) is 4.30. The lowest BCUT2D eigenvalue weighted by molar-refractivity contribution is 0.0769. The van der Waals surface area contributed by atoms with E-state index in [9.17, 15) is 13.6 Å². The van der Waals surface area contributed by atoms with Gasteiger partial charge in [-0.05, 0) is 18.1 Å². The molecule has 17 heavy (non-hydrogen) atoms. The van der Waals surface area contributed by atoms with Crippen molar-refractivity contribution < 1.29 is 13.6 Å². The zero-order valence-electron chi connectivity index (χ0n) is 10.3. The molecule has 0 bridgehead atoms. The molecule has 1 aromatic rings. The molecule has 0 aliphatic rings. The van der Waals surface area contributed by atoms with Crippen molar-refractivity contribution in [1.29, 1.82) is 0 Å². The highest BCUT2D eigenvalue weighted by molar-refractivity contribution is 5.94. The predicted molar refractivity (Wildman–Crippen MR) is 62.8 cm³/mol. The van der Waals surface area contributed by atoms with Crippen LogP contribution in [0.25, 0.3) is 0 Å². The lowest BCUT2D eigenvalue weighted by Crippen LogP contribution is -2.31. The van der Waals surface area contributed by atoms with E-state index in [0.29, 0.717) is 12.5 Å². The maximum atomic E-state index is 13.4. The zero-order valence-corrected chi connectivity index (χ0v) is 10.3. The summed E-state index contributed by atoms with van der Waals surface area (Å²) < 4.78 is 26.4. The average molecular weight is 241 g/mol. The second kappa shape index (κ2) is 5.75. The molecule has 0 fully saturated rings. The molecule has 0 saturated carbocycles. The number of benzene rings is 1. The van der Waals surface area contributed by atoms with Gasteiger partial charge in [0.25, 0.3) is 5.91 Å². The van der Waals surface area contributed by atoms with Gasteiger partial charge in [-0.3, -0.25) is 4.79 Å². The molecular weight excluding hydrogens is 224 g/mol. The van der Waals surface area contributed by atoms with Gasteiger partial charge in [0.15, 0.2) is 11.6 Å². The number of rotatable bonds is 4. The van der Waals surface area contributed by atoms with Gasteiger partial charge in [-0.1, -0.05) is 26.3 Å². The number of carbonyl (C=O) groups excluding carboxylic acids is 1. The van der Waals surface area contributed by atoms with E-state index in [1.807, 2.05) is 13.8 Å². The first kappa shape index (κ1) is 13.6. The van der Waals surface area contributed by atoms with Crippen LogP contribution < -0.4 is 0 Å². The first-order valence-electron chi connectivity index (χ1n) is 5.66. The molecule has 1 aromatic carbocycles. The third kappa shape index (κ3) is 3.25. The summed E-state index contributed by atoms with van der Waals surface area (Å²) in [6, 6.07) is 3.64. The SMILES string of the molecule is CCC(C)CN(C)C(=O)c1cccc(F)c1F. The summed E-state index contributed by atoms with van der Waals surface area (Å²) in [5.41, 5.74) is -0.212. The molecule has 1 amide bonds. The molecule has 1 atom stereocenters. The molecule has 1 rings (SSSR count). The highest BCUT2D eigenvalue weighted by Gasteiger charge is 2.19. The van der Waals surface area contributed by atoms with Crippen molar-refractivity contribution in [2.75, 3.05) is 13.6 Å². The molecule has 0 heterocycles. The van der Waals surface area contributed by atoms with Crippen LogP contribution in [0.1, 0.15) is 30.6 Å². The Kier molecular flexibility index (Phi) is 4.61. The monoisotopic (exact) mass is 241 g/mol. The van der Waals surface area contributed by atoms with Crippen LogP contribution in [0.2, 0.25) is 0 Å². The number of hydrogen-bond acceptors (Lipinski definition) is 1. The smallest absolute Gasteiger partial charge is 0.256 e. The highest BCUT2D eigenvalue weighted by Crippen LogP contribution is 2.14. The molecule has 1 unspecified atom stereocenters. The van der Waals surface area contributed by atoms with Gasteiger partial charge < -0.3 is 4.90 Å². The van der Waals surface area contributed by atoms with Gasteiger partial charge in [0, 0.05) is 13.6 Å². The van der Waals surface area contributed by atoms with Gasteiger partial charge in [-0.15, -0.1) is 0 Å². The Balaban J connectivity index is 2.85. The third-order valence-corrected chi connectivity index (χ3v) is 2.81. The molecule has 0 aromatic heterocycles. The predicted octanol–water partition coefficient (Wildman–Crippen LogP) is 3.08. The third-order valence-electron chi connectivity index (χ3n) is 2.81. The molecule has 4 heteroatoms. The highest BCUT2D eigenvalue weighted by atomic mass is 19.2. The van der Waals surface area contributed by atoms with Gasteiger partial charge in [0.2, 0.25) is 0 Å². The van der Waals surface area contributed by atoms with E-state index in [1.165, 1.54) is 17.0 Å². The van der Waals surface area contributed by atoms with Crippen molar-refractivity contribution in [2.45, 2.75) is 20.3 Å². The summed E-state index contributed by atoms with van der Waals surface area (Å²) in [5.74, 6) is -2.22. The minimum absolute atomic E-state index is 0.212. The van der Waals surface area contributed by atoms with Crippen LogP contribution >= 0.6 is 0 Å². The van der Waals surface area contributed by atoms with Crippen molar-refractivity contribution in [3.8, 4) is 0 Å². The summed E-state index contributed by atoms with van der Waals surface area (Å²) in [6.07, 6.45) is 0.934. The normalized spacial score (nSPS) is 12.3. The Morgan fingerprint density at radius 1 is 1.41 bits per heavy atom. The molecule has 94 valence electrons. The van der Waals surface area contributed by atoms with Crippen LogP contribution in [0, 0.1) is 17.6 Å². The van der Waals surface area contributed by atoms with Crippen LogP contribution in [-0.2, 0) is 0 Å². The maximum absolute atomic E-state index is 13.4. The van der Waals surface area contributed by atoms with Crippen molar-refractivity contribution >= 4 is 5.91 Å². The molecule has 0 aliphatic heterocycles. The van der Waals surface area contributed by atoms with E-state index in [0.717, 1.165) is 12.5 Å². The Hall–Kier alpha value is -1.45. The Labute approximate surface area is 100 Å². The fraction of sp³-hybridized carbons (Fsp3) is 0.462. The summed E-state index contributed by atoms with van der Waals surface area (Å²) in [4.78, 5) is 13.3. The fourth-order valence-corrected chi connectivity index (χ4v) is 1.55. The number of amides is 1. The van der Waals surface area contributed by atoms with Crippen molar-refractivity contribution in [2.24, 2.45) is 5.92 Å². The molecule has 0 aliphatic carbocycles. The second-order valence-corrected chi connectivity index (χ2v) is 4.30. The average Bonchev–Trinajstić information content (AvgIpc) is 2.31. The zero-order chi connectivity index (χ0) is 13.0. The number of carbonyl (C=O) groups is 1. The molecule has 0 N–H and O–H groups in total. The summed E-state index contributed by atoms with van der Waals surface area (Å²) in [7, 11) is 1.60. The van der Waals surface area contributed by atoms with Crippen molar-refractivity contribution in [3.63, 3.8) is 0 Å². The molecule has 0 saturated heterocycles. The summed E-state index contributed by atoms with van der Waals surface area (Å²) in [6.45, 7) is 4.56. The van der Waals surface area contributed by atoms with E-state index in [2.05, 4.69) is 0 Å². The van der Waals surface area contributed by atoms with E-state index in [-0.39, 0.29) is 5.56 Å². The topological polar surface area (TPSA) is 20.3 Å². The number of nitrogens with zero attached hydrogens (tertiary/aromatic N) is 1. The van der Waals surface area contributed by atoms with Crippen molar-refractivity contribution in [3.05, 3.63) is 35.4 Å². The first-order valence-corrected chi connectivity index (χ1v) is 5.66. The van der Waals surface area contributed by atoms with E-state index in [1.54, 1.807) is 7.05 Å². The minimum atomic E-state index is -1.08. The van der Waals surface area contributed by atoms with E-state index < -0.39 is 17.5 Å². The van der Waals surface area contributed by atoms with Crippen LogP contribution in [0.3, 0.4) is 0 Å². The van der Waals surface area contributed by atoms with Crippen molar-refractivity contribution in [1.82, 2.24) is 4.90 Å². The Morgan fingerprint density at radius 3 is 2.65 bits per heavy atom. The van der Waals surface area contributed by atoms with Crippen LogP contribution in [-0.4, -0.2) is 24.4 Å². The van der Waals surface area contributed by atoms with Crippen LogP contribution in [0.5, 0.6) is 0 Å². The van der Waals surface area contributed by atoms with E-state index in [4.69, 9.17) is 0 Å². The molecular formula is C13H17F2NO. The first-order chi connectivity index (χ1) is 7.97. The van der Waals surface area contributed by atoms with E-state index >= 15 is 0 Å². The fourth-order valence-electron chi connectivity index (χ4n) is 1.55. The maximum Gasteiger partial charge on any atom is 0.256 e. The number of hydrogen-bond donors (Lipinski definition) is 0. The summed E-state index contributed by atoms with van der Waals surface area (Å²) in [5, 5.41) is 0. The van der Waals surface area contributed by atoms with Gasteiger partial charge in [-0.25, -0.2) is 8.78 Å². The van der Waals surface area contributed by atoms with Gasteiger partial charge in [0.05, 0.1) is 5.56 Å². The Bertz CT molecular complexity index is 406. The van der Waals surface area contributed by atoms with Crippen LogP contribution in [0.15, 0.2) is 18.2 Å². The standard InChI is InChI=1S/C13H17F2NO/c1-4-9(2)8-16(3)13(17)10-6-5-7-11(14)12(10)15/h5-7,9H,4,8H2,1-3H3. The summed E-state index contributed by atoms with van der Waals surface area (Å²) >= 11 is 0. The van der Waals surface area contributed by atoms with Crippen LogP contribution in [0.4, 0.5) is 8.78 Å². The van der Waals surface area contributed by atoms with Gasteiger partial charge >= 0.3 is 0 Å². The minimum Gasteiger partial charge on any atom is -0.341 e. The quantitative estimate of drug-likeness (QED) is 0.793. The number of halogens is 2. The molecule has 0 spiro atoms. The van der Waals surface area contributed by atoms with Gasteiger partial charge in [-0.2, -0.15) is 0 Å². The largest absolute Gasteiger partial charge is 0.341 e. The molecule has 2 nitrogen and oxygen atoms in total. The van der Waals surface area contributed by atoms with Gasteiger partial charge in [0.1, 0.15) is 0 Å². The molecule has 0 radical (unpaired) electrons. The lowest BCUT2D eigenvalue weighted by atomic mass is 10.1.